The smallest absolute Gasteiger partial charge is 0.197 e. The van der Waals surface area contributed by atoms with Gasteiger partial charge in [0.1, 0.15) is 23.1 Å². The maximum Gasteiger partial charge on any atom is 0.197 e. The molecule has 0 amide bonds. The number of benzene rings is 2. The van der Waals surface area contributed by atoms with Crippen LogP contribution in [0.3, 0.4) is 0 Å². The minimum Gasteiger partial charge on any atom is -0.497 e. The molecule has 10 heteroatoms. The Bertz CT molecular complexity index is 1000. The quantitative estimate of drug-likeness (QED) is 0.403. The molecule has 0 N–H and O–H groups in total. The van der Waals surface area contributed by atoms with Crippen LogP contribution in [0.2, 0.25) is 5.02 Å². The fourth-order valence-electron chi connectivity index (χ4n) is 2.43. The second-order valence-electron chi connectivity index (χ2n) is 5.47. The summed E-state index contributed by atoms with van der Waals surface area (Å²) >= 11 is 6.99. The lowest BCUT2D eigenvalue weighted by molar-refractivity contribution is 0.391. The number of methoxy groups -OCH3 is 2. The molecule has 1 atom stereocenters. The van der Waals surface area contributed by atoms with E-state index in [1.807, 2.05) is 13.8 Å². The van der Waals surface area contributed by atoms with Gasteiger partial charge in [-0.3, -0.25) is 4.31 Å². The Morgan fingerprint density at radius 1 is 1.13 bits per heavy atom. The molecule has 0 radical (unpaired) electrons. The standard InChI is InChI=1S/C18H15ClF2N2O3S2.C2H6/c1-25-12-4-3-11(16(7-12)26-2)10-23(18-22-5-6-27-18)28(24)17-8-13(19)14(20)9-15(17)21;1-2/h3-9H,10H2,1-2H3;1-2H3. The summed E-state index contributed by atoms with van der Waals surface area (Å²) in [5, 5.41) is 1.79. The molecular weight excluding hydrogens is 454 g/mol. The van der Waals surface area contributed by atoms with Gasteiger partial charge in [0.2, 0.25) is 0 Å². The van der Waals surface area contributed by atoms with Gasteiger partial charge >= 0.3 is 0 Å². The van der Waals surface area contributed by atoms with Gasteiger partial charge in [-0.25, -0.2) is 18.0 Å². The summed E-state index contributed by atoms with van der Waals surface area (Å²) in [6.07, 6.45) is 1.55. The highest BCUT2D eigenvalue weighted by atomic mass is 35.5. The lowest BCUT2D eigenvalue weighted by atomic mass is 10.2. The molecular formula is C20H21ClF2N2O3S2. The topological polar surface area (TPSA) is 51.7 Å². The van der Waals surface area contributed by atoms with Gasteiger partial charge in [-0.2, -0.15) is 0 Å². The first-order valence-corrected chi connectivity index (χ1v) is 11.3. The average Bonchev–Trinajstić information content (AvgIpc) is 3.30. The van der Waals surface area contributed by atoms with E-state index < -0.39 is 22.6 Å². The maximum atomic E-state index is 14.3. The van der Waals surface area contributed by atoms with Gasteiger partial charge in [-0.1, -0.05) is 25.4 Å². The van der Waals surface area contributed by atoms with E-state index in [0.717, 1.165) is 6.07 Å². The van der Waals surface area contributed by atoms with E-state index in [0.29, 0.717) is 28.3 Å². The molecule has 2 aromatic carbocycles. The molecule has 162 valence electrons. The number of hydrogen-bond donors (Lipinski definition) is 0. The molecule has 0 saturated heterocycles. The van der Waals surface area contributed by atoms with Crippen molar-refractivity contribution in [3.63, 3.8) is 0 Å². The van der Waals surface area contributed by atoms with E-state index in [-0.39, 0.29) is 16.5 Å². The van der Waals surface area contributed by atoms with E-state index in [4.69, 9.17) is 21.1 Å². The molecule has 3 rings (SSSR count). The predicted molar refractivity (Wildman–Crippen MR) is 117 cm³/mol. The Hall–Kier alpha value is -2.23. The van der Waals surface area contributed by atoms with Gasteiger partial charge < -0.3 is 9.47 Å². The largest absolute Gasteiger partial charge is 0.497 e. The molecule has 30 heavy (non-hydrogen) atoms. The first kappa shape index (κ1) is 24.0. The summed E-state index contributed by atoms with van der Waals surface area (Å²) in [6, 6.07) is 6.81. The molecule has 0 fully saturated rings. The SMILES string of the molecule is CC.COc1ccc(CN(c2nccs2)S(=O)c2cc(Cl)c(F)cc2F)c(OC)c1. The lowest BCUT2D eigenvalue weighted by Gasteiger charge is -2.22. The summed E-state index contributed by atoms with van der Waals surface area (Å²) in [6.45, 7) is 4.10. The highest BCUT2D eigenvalue weighted by Crippen LogP contribution is 2.32. The molecule has 0 saturated carbocycles. The van der Waals surface area contributed by atoms with Crippen LogP contribution in [0.1, 0.15) is 19.4 Å². The van der Waals surface area contributed by atoms with Crippen molar-refractivity contribution in [3.8, 4) is 11.5 Å². The zero-order chi connectivity index (χ0) is 22.3. The van der Waals surface area contributed by atoms with Crippen LogP contribution in [-0.2, 0) is 17.5 Å². The van der Waals surface area contributed by atoms with Crippen molar-refractivity contribution >= 4 is 39.1 Å². The minimum absolute atomic E-state index is 0.0989. The Morgan fingerprint density at radius 3 is 2.47 bits per heavy atom. The molecule has 0 aliphatic rings. The summed E-state index contributed by atoms with van der Waals surface area (Å²) in [7, 11) is 1.01. The normalized spacial score (nSPS) is 11.3. The number of hydrogen-bond acceptors (Lipinski definition) is 5. The monoisotopic (exact) mass is 474 g/mol. The van der Waals surface area contributed by atoms with Gasteiger partial charge in [-0.05, 0) is 18.2 Å². The summed E-state index contributed by atoms with van der Waals surface area (Å²) in [5.41, 5.74) is 0.681. The highest BCUT2D eigenvalue weighted by Gasteiger charge is 2.24. The van der Waals surface area contributed by atoms with E-state index >= 15 is 0 Å². The second-order valence-corrected chi connectivity index (χ2v) is 8.13. The molecule has 0 aliphatic heterocycles. The summed E-state index contributed by atoms with van der Waals surface area (Å²) in [4.78, 5) is 3.93. The number of halogens is 3. The Balaban J connectivity index is 0.00000155. The van der Waals surface area contributed by atoms with Crippen LogP contribution in [0.15, 0.2) is 46.8 Å². The Labute approximate surface area is 185 Å². The maximum absolute atomic E-state index is 14.3. The third kappa shape index (κ3) is 5.47. The van der Waals surface area contributed by atoms with Crippen molar-refractivity contribution in [2.24, 2.45) is 0 Å². The van der Waals surface area contributed by atoms with E-state index in [2.05, 4.69) is 4.98 Å². The molecule has 0 aliphatic carbocycles. The fourth-order valence-corrected chi connectivity index (χ4v) is 4.67. The molecule has 5 nitrogen and oxygen atoms in total. The van der Waals surface area contributed by atoms with Crippen molar-refractivity contribution in [1.29, 1.82) is 0 Å². The van der Waals surface area contributed by atoms with Crippen LogP contribution in [0.5, 0.6) is 11.5 Å². The molecule has 1 aromatic heterocycles. The van der Waals surface area contributed by atoms with Crippen molar-refractivity contribution in [3.05, 3.63) is 64.1 Å². The van der Waals surface area contributed by atoms with Crippen molar-refractivity contribution < 1.29 is 22.5 Å². The minimum atomic E-state index is -2.03. The van der Waals surface area contributed by atoms with Crippen molar-refractivity contribution in [1.82, 2.24) is 4.98 Å². The molecule has 1 heterocycles. The Kier molecular flexibility index (Phi) is 9.01. The Morgan fingerprint density at radius 2 is 1.87 bits per heavy atom. The predicted octanol–water partition coefficient (Wildman–Crippen LogP) is 5.85. The highest BCUT2D eigenvalue weighted by molar-refractivity contribution is 7.86. The summed E-state index contributed by atoms with van der Waals surface area (Å²) in [5.74, 6) is -0.768. The van der Waals surface area contributed by atoms with Gasteiger partial charge in [-0.15, -0.1) is 11.3 Å². The molecule has 0 bridgehead atoms. The lowest BCUT2D eigenvalue weighted by Crippen LogP contribution is -2.26. The number of thiazole rings is 1. The first-order chi connectivity index (χ1) is 14.4. The van der Waals surface area contributed by atoms with Crippen LogP contribution in [0.4, 0.5) is 13.9 Å². The van der Waals surface area contributed by atoms with Gasteiger partial charge in [0, 0.05) is 29.3 Å². The van der Waals surface area contributed by atoms with Crippen LogP contribution < -0.4 is 13.8 Å². The zero-order valence-corrected chi connectivity index (χ0v) is 19.2. The van der Waals surface area contributed by atoms with Crippen LogP contribution in [0, 0.1) is 11.6 Å². The van der Waals surface area contributed by atoms with E-state index in [1.165, 1.54) is 29.9 Å². The average molecular weight is 475 g/mol. The van der Waals surface area contributed by atoms with Gasteiger partial charge in [0.05, 0.1) is 30.7 Å². The molecule has 0 spiro atoms. The molecule has 1 unspecified atom stereocenters. The third-order valence-corrected chi connectivity index (χ3v) is 6.40. The number of aromatic nitrogens is 1. The second kappa shape index (κ2) is 11.2. The first-order valence-electron chi connectivity index (χ1n) is 8.89. The number of ether oxygens (including phenoxy) is 2. The van der Waals surface area contributed by atoms with Crippen molar-refractivity contribution in [2.75, 3.05) is 18.5 Å². The van der Waals surface area contributed by atoms with Crippen LogP contribution in [0.25, 0.3) is 0 Å². The van der Waals surface area contributed by atoms with Gasteiger partial charge in [0.25, 0.3) is 0 Å². The van der Waals surface area contributed by atoms with Gasteiger partial charge in [0.15, 0.2) is 16.1 Å². The number of nitrogens with zero attached hydrogens (tertiary/aromatic N) is 2. The van der Waals surface area contributed by atoms with Crippen LogP contribution in [-0.4, -0.2) is 23.4 Å². The summed E-state index contributed by atoms with van der Waals surface area (Å²) < 4.78 is 52.9. The van der Waals surface area contributed by atoms with E-state index in [1.54, 1.807) is 29.8 Å². The fraction of sp³-hybridized carbons (Fsp3) is 0.250. The zero-order valence-electron chi connectivity index (χ0n) is 16.8. The third-order valence-electron chi connectivity index (χ3n) is 3.80. The van der Waals surface area contributed by atoms with Crippen LogP contribution >= 0.6 is 22.9 Å². The molecule has 3 aromatic rings. The number of rotatable bonds is 7. The van der Waals surface area contributed by atoms with Crippen molar-refractivity contribution in [2.45, 2.75) is 25.3 Å². The van der Waals surface area contributed by atoms with E-state index in [9.17, 15) is 13.0 Å². The number of anilines is 1.